The van der Waals surface area contributed by atoms with Crippen molar-refractivity contribution in [1.29, 1.82) is 0 Å². The topological polar surface area (TPSA) is 20.3 Å². The third-order valence-corrected chi connectivity index (χ3v) is 0.783. The van der Waals surface area contributed by atoms with E-state index in [1.807, 2.05) is 0 Å². The molecule has 1 radical (unpaired) electrons. The number of carbonyl (C=O) groups is 1. The van der Waals surface area contributed by atoms with Gasteiger partial charge in [-0.2, -0.15) is 0 Å². The molecule has 0 atom stereocenters. The first kappa shape index (κ1) is 10.3. The molecule has 0 aliphatic carbocycles. The molecule has 0 bridgehead atoms. The van der Waals surface area contributed by atoms with E-state index >= 15 is 0 Å². The Morgan fingerprint density at radius 3 is 1.71 bits per heavy atom. The zero-order valence-electron chi connectivity index (χ0n) is 4.10. The quantitative estimate of drug-likeness (QED) is 0.415. The van der Waals surface area contributed by atoms with E-state index in [1.165, 1.54) is 4.90 Å². The van der Waals surface area contributed by atoms with Crippen molar-refractivity contribution in [3.05, 3.63) is 0 Å². The average Bonchev–Trinajstić information content (AvgIpc) is 1.36. The maximum atomic E-state index is 9.93. The van der Waals surface area contributed by atoms with Crippen LogP contribution in [0.2, 0.25) is 0 Å². The van der Waals surface area contributed by atoms with Crippen molar-refractivity contribution < 1.29 is 21.9 Å². The van der Waals surface area contributed by atoms with Crippen molar-refractivity contribution in [2.24, 2.45) is 0 Å². The van der Waals surface area contributed by atoms with Crippen molar-refractivity contribution in [3.63, 3.8) is 0 Å². The van der Waals surface area contributed by atoms with E-state index in [2.05, 4.69) is 12.6 Å². The summed E-state index contributed by atoms with van der Waals surface area (Å²) in [5.41, 5.74) is 0. The van der Waals surface area contributed by atoms with Gasteiger partial charge in [-0.25, -0.2) is 0 Å². The van der Waals surface area contributed by atoms with E-state index in [9.17, 15) is 4.79 Å². The number of rotatable bonds is 0. The van der Waals surface area contributed by atoms with Crippen LogP contribution in [0, 0.1) is 0 Å². The first-order chi connectivity index (χ1) is 2.64. The molecule has 0 aromatic heterocycles. The fourth-order valence-electron chi connectivity index (χ4n) is 0. The van der Waals surface area contributed by atoms with Gasteiger partial charge in [-0.1, -0.05) is 12.6 Å². The number of hydrogen-bond acceptors (Lipinski definition) is 1. The summed E-state index contributed by atoms with van der Waals surface area (Å²) in [6.07, 6.45) is 0. The molecule has 0 aliphatic rings. The molecular formula is C3H7CuNOS. The number of hydrogen-bond donors (Lipinski definition) is 1. The third-order valence-electron chi connectivity index (χ3n) is 0.383. The van der Waals surface area contributed by atoms with Gasteiger partial charge in [0.15, 0.2) is 0 Å². The molecule has 0 saturated carbocycles. The summed E-state index contributed by atoms with van der Waals surface area (Å²) in [7, 11) is 3.30. The number of thiol groups is 1. The van der Waals surface area contributed by atoms with Gasteiger partial charge in [0, 0.05) is 31.2 Å². The van der Waals surface area contributed by atoms with Gasteiger partial charge in [0.25, 0.3) is 5.24 Å². The van der Waals surface area contributed by atoms with Crippen LogP contribution in [0.25, 0.3) is 0 Å². The zero-order chi connectivity index (χ0) is 5.15. The SMILES string of the molecule is CN(C)C(=O)S.[Cu]. The van der Waals surface area contributed by atoms with Crippen molar-refractivity contribution in [3.8, 4) is 0 Å². The van der Waals surface area contributed by atoms with Gasteiger partial charge in [0.1, 0.15) is 0 Å². The van der Waals surface area contributed by atoms with Crippen LogP contribution in [0.5, 0.6) is 0 Å². The first-order valence-electron chi connectivity index (χ1n) is 1.55. The smallest absolute Gasteiger partial charge is 0.278 e. The molecule has 7 heavy (non-hydrogen) atoms. The summed E-state index contributed by atoms with van der Waals surface area (Å²) < 4.78 is 0. The van der Waals surface area contributed by atoms with Gasteiger partial charge in [-0.05, 0) is 0 Å². The summed E-state index contributed by atoms with van der Waals surface area (Å²) >= 11 is 3.48. The molecule has 2 nitrogen and oxygen atoms in total. The van der Waals surface area contributed by atoms with E-state index in [1.54, 1.807) is 14.1 Å². The molecule has 1 amide bonds. The van der Waals surface area contributed by atoms with Crippen LogP contribution >= 0.6 is 12.6 Å². The molecule has 0 spiro atoms. The minimum Gasteiger partial charge on any atom is -0.340 e. The predicted octanol–water partition coefficient (Wildman–Crippen LogP) is 0.595. The fraction of sp³-hybridized carbons (Fsp3) is 0.667. The molecule has 0 aromatic carbocycles. The van der Waals surface area contributed by atoms with E-state index < -0.39 is 0 Å². The van der Waals surface area contributed by atoms with Crippen molar-refractivity contribution in [1.82, 2.24) is 4.90 Å². The molecule has 4 heteroatoms. The monoisotopic (exact) mass is 168 g/mol. The second-order valence-corrected chi connectivity index (χ2v) is 1.56. The van der Waals surface area contributed by atoms with Crippen LogP contribution in [-0.2, 0) is 17.1 Å². The van der Waals surface area contributed by atoms with Gasteiger partial charge < -0.3 is 4.90 Å². The second-order valence-electron chi connectivity index (χ2n) is 1.18. The van der Waals surface area contributed by atoms with Gasteiger partial charge in [-0.3, -0.25) is 4.79 Å². The summed E-state index contributed by atoms with van der Waals surface area (Å²) in [6, 6.07) is 0. The minimum absolute atomic E-state index is 0. The second kappa shape index (κ2) is 4.50. The molecule has 0 N–H and O–H groups in total. The summed E-state index contributed by atoms with van der Waals surface area (Å²) in [5.74, 6) is 0. The molecular weight excluding hydrogens is 162 g/mol. The summed E-state index contributed by atoms with van der Waals surface area (Å²) in [4.78, 5) is 11.3. The molecule has 0 aliphatic heterocycles. The van der Waals surface area contributed by atoms with Crippen molar-refractivity contribution in [2.45, 2.75) is 0 Å². The van der Waals surface area contributed by atoms with E-state index in [4.69, 9.17) is 0 Å². The van der Waals surface area contributed by atoms with Crippen LogP contribution in [0.15, 0.2) is 0 Å². The van der Waals surface area contributed by atoms with Crippen molar-refractivity contribution >= 4 is 17.9 Å². The largest absolute Gasteiger partial charge is 0.340 e. The van der Waals surface area contributed by atoms with Gasteiger partial charge in [-0.15, -0.1) is 0 Å². The van der Waals surface area contributed by atoms with Crippen LogP contribution in [0.4, 0.5) is 4.79 Å². The van der Waals surface area contributed by atoms with E-state index in [-0.39, 0.29) is 22.3 Å². The number of nitrogens with zero attached hydrogens (tertiary/aromatic N) is 1. The summed E-state index contributed by atoms with van der Waals surface area (Å²) in [6.45, 7) is 0. The Labute approximate surface area is 59.1 Å². The maximum Gasteiger partial charge on any atom is 0.278 e. The zero-order valence-corrected chi connectivity index (χ0v) is 5.94. The van der Waals surface area contributed by atoms with Crippen LogP contribution < -0.4 is 0 Å². The summed E-state index contributed by atoms with van der Waals surface area (Å²) in [5, 5.41) is -0.213. The van der Waals surface area contributed by atoms with E-state index in [0.29, 0.717) is 0 Å². The average molecular weight is 169 g/mol. The van der Waals surface area contributed by atoms with Crippen LogP contribution in [0.1, 0.15) is 0 Å². The maximum absolute atomic E-state index is 9.93. The Bertz CT molecular complexity index is 66.0. The Kier molecular flexibility index (Phi) is 6.65. The van der Waals surface area contributed by atoms with Gasteiger partial charge in [0.2, 0.25) is 0 Å². The standard InChI is InChI=1S/C3H7NOS.Cu/c1-4(2)3(5)6;/h1-2H3,(H,5,6);. The van der Waals surface area contributed by atoms with Crippen molar-refractivity contribution in [2.75, 3.05) is 14.1 Å². The van der Waals surface area contributed by atoms with Gasteiger partial charge in [0.05, 0.1) is 0 Å². The number of carbonyl (C=O) groups excluding carboxylic acids is 1. The molecule has 0 aromatic rings. The Hall–Kier alpha value is 0.339. The Balaban J connectivity index is 0. The minimum atomic E-state index is -0.213. The predicted molar refractivity (Wildman–Crippen MR) is 28.1 cm³/mol. The fourth-order valence-corrected chi connectivity index (χ4v) is 0. The molecule has 0 rings (SSSR count). The number of amides is 1. The Morgan fingerprint density at radius 2 is 1.71 bits per heavy atom. The van der Waals surface area contributed by atoms with Crippen LogP contribution in [0.3, 0.4) is 0 Å². The molecule has 0 fully saturated rings. The molecule has 0 heterocycles. The van der Waals surface area contributed by atoms with Crippen LogP contribution in [-0.4, -0.2) is 24.2 Å². The van der Waals surface area contributed by atoms with Gasteiger partial charge >= 0.3 is 0 Å². The Morgan fingerprint density at radius 1 is 1.57 bits per heavy atom. The molecule has 47 valence electrons. The molecule has 0 unspecified atom stereocenters. The molecule has 0 saturated heterocycles. The third kappa shape index (κ3) is 6.34. The normalized spacial score (nSPS) is 6.71. The van der Waals surface area contributed by atoms with E-state index in [0.717, 1.165) is 0 Å². The first-order valence-corrected chi connectivity index (χ1v) is 1.99.